The fraction of sp³-hybridized carbons (Fsp3) is 0.357. The summed E-state index contributed by atoms with van der Waals surface area (Å²) in [4.78, 5) is 4.56. The molecule has 0 aliphatic heterocycles. The Hall–Kier alpha value is -0.750. The van der Waals surface area contributed by atoms with Crippen molar-refractivity contribution in [3.8, 4) is 17.2 Å². The molecule has 1 aromatic heterocycles. The lowest BCUT2D eigenvalue weighted by atomic mass is 10.1. The van der Waals surface area contributed by atoms with Gasteiger partial charge in [-0.15, -0.1) is 0 Å². The number of benzene rings is 1. The maximum absolute atomic E-state index is 5.97. The van der Waals surface area contributed by atoms with Crippen molar-refractivity contribution < 1.29 is 9.15 Å². The number of alkyl halides is 1. The summed E-state index contributed by atoms with van der Waals surface area (Å²) in [6.07, 6.45) is 0. The van der Waals surface area contributed by atoms with Crippen LogP contribution in [-0.4, -0.2) is 12.1 Å². The predicted octanol–water partition coefficient (Wildman–Crippen LogP) is 5.06. The van der Waals surface area contributed by atoms with E-state index in [0.29, 0.717) is 22.6 Å². The highest BCUT2D eigenvalue weighted by atomic mass is 127. The Balaban J connectivity index is 2.53. The van der Waals surface area contributed by atoms with E-state index in [4.69, 9.17) is 20.8 Å². The van der Waals surface area contributed by atoms with Gasteiger partial charge in [-0.05, 0) is 18.2 Å². The summed E-state index contributed by atoms with van der Waals surface area (Å²) in [5.74, 6) is 2.50. The molecule has 0 N–H and O–H groups in total. The van der Waals surface area contributed by atoms with E-state index in [1.165, 1.54) is 0 Å². The van der Waals surface area contributed by atoms with Crippen molar-refractivity contribution in [1.82, 2.24) is 4.98 Å². The third-order valence-corrected chi connectivity index (χ3v) is 3.73. The number of hydrogen-bond donors (Lipinski definition) is 0. The molecule has 0 fully saturated rings. The maximum Gasteiger partial charge on any atom is 0.230 e. The van der Waals surface area contributed by atoms with Crippen molar-refractivity contribution in [2.75, 3.05) is 7.11 Å². The molecule has 3 nitrogen and oxygen atoms in total. The van der Waals surface area contributed by atoms with Gasteiger partial charge in [-0.1, -0.05) is 48.0 Å². The Kier molecular flexibility index (Phi) is 4.73. The van der Waals surface area contributed by atoms with Crippen LogP contribution in [0.1, 0.15) is 31.2 Å². The van der Waals surface area contributed by atoms with E-state index in [0.717, 1.165) is 21.4 Å². The Morgan fingerprint density at radius 2 is 2.16 bits per heavy atom. The van der Waals surface area contributed by atoms with Crippen LogP contribution >= 0.6 is 34.2 Å². The lowest BCUT2D eigenvalue weighted by Crippen LogP contribution is -1.89. The van der Waals surface area contributed by atoms with Gasteiger partial charge in [-0.25, -0.2) is 4.98 Å². The van der Waals surface area contributed by atoms with E-state index in [2.05, 4.69) is 41.4 Å². The summed E-state index contributed by atoms with van der Waals surface area (Å²) < 4.78 is 12.1. The van der Waals surface area contributed by atoms with Gasteiger partial charge in [0.25, 0.3) is 0 Å². The van der Waals surface area contributed by atoms with Crippen molar-refractivity contribution in [2.24, 2.45) is 0 Å². The quantitative estimate of drug-likeness (QED) is 0.540. The number of methoxy groups -OCH3 is 1. The van der Waals surface area contributed by atoms with Crippen LogP contribution in [0, 0.1) is 0 Å². The molecule has 0 saturated carbocycles. The molecule has 0 bridgehead atoms. The molecule has 2 aromatic rings. The van der Waals surface area contributed by atoms with Crippen molar-refractivity contribution >= 4 is 34.2 Å². The second-order valence-electron chi connectivity index (χ2n) is 4.46. The summed E-state index contributed by atoms with van der Waals surface area (Å²) in [6, 6.07) is 5.44. The molecular formula is C14H15ClINO2. The summed E-state index contributed by atoms with van der Waals surface area (Å²) in [6.45, 7) is 4.19. The minimum Gasteiger partial charge on any atom is -0.496 e. The number of halogens is 2. The molecule has 2 rings (SSSR count). The number of rotatable bonds is 4. The molecule has 1 aromatic carbocycles. The lowest BCUT2D eigenvalue weighted by molar-refractivity contribution is 0.413. The Morgan fingerprint density at radius 1 is 1.42 bits per heavy atom. The average molecular weight is 392 g/mol. The topological polar surface area (TPSA) is 35.3 Å². The highest BCUT2D eigenvalue weighted by Gasteiger charge is 2.18. The lowest BCUT2D eigenvalue weighted by Gasteiger charge is -2.05. The third kappa shape index (κ3) is 3.05. The van der Waals surface area contributed by atoms with E-state index in [-0.39, 0.29) is 0 Å². The first-order valence-corrected chi connectivity index (χ1v) is 7.86. The van der Waals surface area contributed by atoms with E-state index in [1.807, 2.05) is 12.1 Å². The van der Waals surface area contributed by atoms with E-state index in [1.54, 1.807) is 13.2 Å². The third-order valence-electron chi connectivity index (χ3n) is 2.77. The highest BCUT2D eigenvalue weighted by molar-refractivity contribution is 14.1. The Labute approximate surface area is 131 Å². The molecule has 0 spiro atoms. The SMILES string of the molecule is COc1cc(Cl)ccc1-c1nc(CI)c(C(C)C)o1. The summed E-state index contributed by atoms with van der Waals surface area (Å²) in [7, 11) is 1.61. The molecule has 0 aliphatic carbocycles. The summed E-state index contributed by atoms with van der Waals surface area (Å²) in [5.41, 5.74) is 1.81. The summed E-state index contributed by atoms with van der Waals surface area (Å²) >= 11 is 8.26. The van der Waals surface area contributed by atoms with E-state index < -0.39 is 0 Å². The summed E-state index contributed by atoms with van der Waals surface area (Å²) in [5, 5.41) is 0.630. The molecule has 0 aliphatic rings. The number of nitrogens with zero attached hydrogens (tertiary/aromatic N) is 1. The van der Waals surface area contributed by atoms with Crippen molar-refractivity contribution in [3.63, 3.8) is 0 Å². The zero-order chi connectivity index (χ0) is 14.0. The fourth-order valence-electron chi connectivity index (χ4n) is 1.87. The van der Waals surface area contributed by atoms with Gasteiger partial charge in [0.05, 0.1) is 18.4 Å². The van der Waals surface area contributed by atoms with Gasteiger partial charge < -0.3 is 9.15 Å². The normalized spacial score (nSPS) is 11.1. The second kappa shape index (κ2) is 6.13. The van der Waals surface area contributed by atoms with Crippen LogP contribution in [0.5, 0.6) is 5.75 Å². The fourth-order valence-corrected chi connectivity index (χ4v) is 2.58. The predicted molar refractivity (Wildman–Crippen MR) is 85.3 cm³/mol. The van der Waals surface area contributed by atoms with Gasteiger partial charge in [0, 0.05) is 15.4 Å². The zero-order valence-corrected chi connectivity index (χ0v) is 13.9. The molecular weight excluding hydrogens is 377 g/mol. The average Bonchev–Trinajstić information content (AvgIpc) is 2.82. The molecule has 1 heterocycles. The Morgan fingerprint density at radius 3 is 2.68 bits per heavy atom. The minimum atomic E-state index is 0.310. The van der Waals surface area contributed by atoms with Crippen molar-refractivity contribution in [3.05, 3.63) is 34.7 Å². The van der Waals surface area contributed by atoms with Crippen LogP contribution in [0.15, 0.2) is 22.6 Å². The van der Waals surface area contributed by atoms with Gasteiger partial charge in [0.15, 0.2) is 0 Å². The number of ether oxygens (including phenoxy) is 1. The van der Waals surface area contributed by atoms with E-state index in [9.17, 15) is 0 Å². The monoisotopic (exact) mass is 391 g/mol. The molecule has 19 heavy (non-hydrogen) atoms. The first-order chi connectivity index (χ1) is 9.06. The largest absolute Gasteiger partial charge is 0.496 e. The maximum atomic E-state index is 5.97. The van der Waals surface area contributed by atoms with Crippen molar-refractivity contribution in [1.29, 1.82) is 0 Å². The zero-order valence-electron chi connectivity index (χ0n) is 11.0. The smallest absolute Gasteiger partial charge is 0.230 e. The first-order valence-electron chi connectivity index (χ1n) is 5.96. The Bertz CT molecular complexity index is 581. The van der Waals surface area contributed by atoms with Crippen LogP contribution in [-0.2, 0) is 4.43 Å². The first kappa shape index (κ1) is 14.7. The van der Waals surface area contributed by atoms with Crippen LogP contribution in [0.2, 0.25) is 5.02 Å². The van der Waals surface area contributed by atoms with Crippen molar-refractivity contribution in [2.45, 2.75) is 24.2 Å². The van der Waals surface area contributed by atoms with Gasteiger partial charge in [0.1, 0.15) is 11.5 Å². The van der Waals surface area contributed by atoms with Gasteiger partial charge >= 0.3 is 0 Å². The van der Waals surface area contributed by atoms with E-state index >= 15 is 0 Å². The van der Waals surface area contributed by atoms with Gasteiger partial charge in [-0.2, -0.15) is 0 Å². The van der Waals surface area contributed by atoms with Gasteiger partial charge in [0.2, 0.25) is 5.89 Å². The number of aromatic nitrogens is 1. The number of hydrogen-bond acceptors (Lipinski definition) is 3. The minimum absolute atomic E-state index is 0.310. The van der Waals surface area contributed by atoms with Gasteiger partial charge in [-0.3, -0.25) is 0 Å². The van der Waals surface area contributed by atoms with Crippen LogP contribution in [0.25, 0.3) is 11.5 Å². The molecule has 0 atom stereocenters. The highest BCUT2D eigenvalue weighted by Crippen LogP contribution is 2.35. The van der Waals surface area contributed by atoms with Crippen LogP contribution in [0.3, 0.4) is 0 Å². The second-order valence-corrected chi connectivity index (χ2v) is 5.66. The molecule has 0 radical (unpaired) electrons. The molecule has 0 saturated heterocycles. The molecule has 102 valence electrons. The standard InChI is InChI=1S/C14H15ClINO2/c1-8(2)13-11(7-16)17-14(19-13)10-5-4-9(15)6-12(10)18-3/h4-6,8H,7H2,1-3H3. The number of oxazole rings is 1. The molecule has 0 unspecified atom stereocenters. The van der Waals surface area contributed by atoms with Crippen LogP contribution in [0.4, 0.5) is 0 Å². The van der Waals surface area contributed by atoms with Crippen LogP contribution < -0.4 is 4.74 Å². The molecule has 0 amide bonds. The molecule has 5 heteroatoms.